The molecule has 0 aliphatic carbocycles. The van der Waals surface area contributed by atoms with Crippen LogP contribution in [0, 0.1) is 5.92 Å². The highest BCUT2D eigenvalue weighted by Gasteiger charge is 2.25. The van der Waals surface area contributed by atoms with E-state index in [4.69, 9.17) is 5.11 Å². The van der Waals surface area contributed by atoms with Crippen LogP contribution in [0.15, 0.2) is 0 Å². The molecule has 1 amide bonds. The molecule has 1 atom stereocenters. The van der Waals surface area contributed by atoms with Gasteiger partial charge in [-0.15, -0.1) is 0 Å². The number of hydrogen-bond donors (Lipinski definition) is 2. The molecule has 0 saturated carbocycles. The van der Waals surface area contributed by atoms with Crippen molar-refractivity contribution >= 4 is 22.7 Å². The van der Waals surface area contributed by atoms with Crippen molar-refractivity contribution in [2.75, 3.05) is 11.5 Å². The van der Waals surface area contributed by atoms with Crippen LogP contribution in [-0.2, 0) is 20.4 Å². The van der Waals surface area contributed by atoms with Gasteiger partial charge in [0.1, 0.15) is 5.92 Å². The highest BCUT2D eigenvalue weighted by Crippen LogP contribution is 2.10. The summed E-state index contributed by atoms with van der Waals surface area (Å²) in [6.07, 6.45) is 1.34. The quantitative estimate of drug-likeness (QED) is 0.657. The Morgan fingerprint density at radius 2 is 1.93 bits per heavy atom. The van der Waals surface area contributed by atoms with Crippen molar-refractivity contribution in [1.29, 1.82) is 0 Å². The Balaban J connectivity index is 2.38. The molecular weight excluding hydrogens is 218 g/mol. The average Bonchev–Trinajstić information content (AvgIpc) is 2.20. The molecule has 1 heterocycles. The van der Waals surface area contributed by atoms with Crippen LogP contribution in [0.5, 0.6) is 0 Å². The van der Waals surface area contributed by atoms with E-state index in [1.807, 2.05) is 0 Å². The number of nitrogens with one attached hydrogen (secondary N) is 1. The van der Waals surface area contributed by atoms with E-state index in [2.05, 4.69) is 5.32 Å². The number of carbonyl (C=O) groups excluding carboxylic acids is 1. The average molecular weight is 233 g/mol. The lowest BCUT2D eigenvalue weighted by molar-refractivity contribution is -0.146. The van der Waals surface area contributed by atoms with E-state index in [9.17, 15) is 13.8 Å². The van der Waals surface area contributed by atoms with Gasteiger partial charge in [0, 0.05) is 28.3 Å². The van der Waals surface area contributed by atoms with Crippen LogP contribution in [0.2, 0.25) is 0 Å². The Kier molecular flexibility index (Phi) is 4.26. The van der Waals surface area contributed by atoms with Gasteiger partial charge in [0.25, 0.3) is 0 Å². The molecule has 0 spiro atoms. The van der Waals surface area contributed by atoms with Crippen LogP contribution in [0.1, 0.15) is 19.8 Å². The molecule has 86 valence electrons. The third kappa shape index (κ3) is 3.62. The SMILES string of the molecule is CC(C(=O)O)C(=O)NC1CCS(=O)CC1. The third-order valence-corrected chi connectivity index (χ3v) is 3.88. The lowest BCUT2D eigenvalue weighted by Crippen LogP contribution is -2.43. The number of rotatable bonds is 3. The standard InChI is InChI=1S/C9H15NO4S/c1-6(9(12)13)8(11)10-7-2-4-15(14)5-3-7/h6-7H,2-5H2,1H3,(H,10,11)(H,12,13). The highest BCUT2D eigenvalue weighted by atomic mass is 32.2. The Labute approximate surface area is 90.7 Å². The largest absolute Gasteiger partial charge is 0.481 e. The van der Waals surface area contributed by atoms with Crippen molar-refractivity contribution in [3.63, 3.8) is 0 Å². The van der Waals surface area contributed by atoms with Gasteiger partial charge in [0.05, 0.1) is 0 Å². The minimum absolute atomic E-state index is 0.0167. The van der Waals surface area contributed by atoms with Crippen LogP contribution in [-0.4, -0.2) is 38.7 Å². The Morgan fingerprint density at radius 1 is 1.40 bits per heavy atom. The zero-order valence-corrected chi connectivity index (χ0v) is 9.38. The van der Waals surface area contributed by atoms with Gasteiger partial charge in [0.2, 0.25) is 5.91 Å². The van der Waals surface area contributed by atoms with Crippen LogP contribution in [0.4, 0.5) is 0 Å². The second kappa shape index (κ2) is 5.25. The molecule has 15 heavy (non-hydrogen) atoms. The van der Waals surface area contributed by atoms with Gasteiger partial charge in [-0.2, -0.15) is 0 Å². The molecule has 1 rings (SSSR count). The van der Waals surface area contributed by atoms with Gasteiger partial charge in [-0.25, -0.2) is 0 Å². The van der Waals surface area contributed by atoms with Crippen LogP contribution >= 0.6 is 0 Å². The summed E-state index contributed by atoms with van der Waals surface area (Å²) in [7, 11) is -0.763. The first kappa shape index (κ1) is 12.2. The van der Waals surface area contributed by atoms with E-state index < -0.39 is 28.6 Å². The summed E-state index contributed by atoms with van der Waals surface area (Å²) in [5, 5.41) is 11.3. The highest BCUT2D eigenvalue weighted by molar-refractivity contribution is 7.85. The van der Waals surface area contributed by atoms with Gasteiger partial charge >= 0.3 is 5.97 Å². The van der Waals surface area contributed by atoms with Crippen LogP contribution in [0.3, 0.4) is 0 Å². The summed E-state index contributed by atoms with van der Waals surface area (Å²) in [6.45, 7) is 1.36. The number of carbonyl (C=O) groups is 2. The number of carboxylic acid groups (broad SMARTS) is 1. The van der Waals surface area contributed by atoms with Gasteiger partial charge in [0.15, 0.2) is 0 Å². The molecule has 0 aromatic heterocycles. The third-order valence-electron chi connectivity index (χ3n) is 2.50. The molecule has 0 aromatic carbocycles. The fourth-order valence-electron chi connectivity index (χ4n) is 1.38. The molecule has 1 unspecified atom stereocenters. The van der Waals surface area contributed by atoms with Crippen molar-refractivity contribution in [1.82, 2.24) is 5.32 Å². The number of amides is 1. The first-order chi connectivity index (χ1) is 7.00. The summed E-state index contributed by atoms with van der Waals surface area (Å²) >= 11 is 0. The second-order valence-corrected chi connectivity index (χ2v) is 5.39. The fourth-order valence-corrected chi connectivity index (χ4v) is 2.68. The predicted octanol–water partition coefficient (Wildman–Crippen LogP) is -0.266. The summed E-state index contributed by atoms with van der Waals surface area (Å²) in [4.78, 5) is 21.9. The lowest BCUT2D eigenvalue weighted by atomic mass is 10.1. The predicted molar refractivity (Wildman–Crippen MR) is 55.8 cm³/mol. The Hall–Kier alpha value is -0.910. The van der Waals surface area contributed by atoms with E-state index in [1.54, 1.807) is 0 Å². The molecule has 1 aliphatic rings. The molecular formula is C9H15NO4S. The zero-order chi connectivity index (χ0) is 11.4. The number of aliphatic carboxylic acids is 1. The maximum atomic E-state index is 11.4. The Bertz CT molecular complexity index is 282. The fraction of sp³-hybridized carbons (Fsp3) is 0.778. The maximum absolute atomic E-state index is 11.4. The monoisotopic (exact) mass is 233 g/mol. The topological polar surface area (TPSA) is 83.5 Å². The molecule has 1 aliphatic heterocycles. The van der Waals surface area contributed by atoms with Crippen LogP contribution < -0.4 is 5.32 Å². The molecule has 1 saturated heterocycles. The van der Waals surface area contributed by atoms with E-state index >= 15 is 0 Å². The van der Waals surface area contributed by atoms with Gasteiger partial charge in [-0.3, -0.25) is 13.8 Å². The molecule has 6 heteroatoms. The van der Waals surface area contributed by atoms with Crippen molar-refractivity contribution < 1.29 is 18.9 Å². The van der Waals surface area contributed by atoms with E-state index in [-0.39, 0.29) is 6.04 Å². The minimum Gasteiger partial charge on any atom is -0.481 e. The van der Waals surface area contributed by atoms with Crippen molar-refractivity contribution in [3.8, 4) is 0 Å². The number of hydrogen-bond acceptors (Lipinski definition) is 3. The van der Waals surface area contributed by atoms with Gasteiger partial charge < -0.3 is 10.4 Å². The van der Waals surface area contributed by atoms with E-state index in [1.165, 1.54) is 6.92 Å². The van der Waals surface area contributed by atoms with Crippen molar-refractivity contribution in [2.45, 2.75) is 25.8 Å². The maximum Gasteiger partial charge on any atom is 0.315 e. The molecule has 0 aromatic rings. The summed E-state index contributed by atoms with van der Waals surface area (Å²) < 4.78 is 11.0. The summed E-state index contributed by atoms with van der Waals surface area (Å²) in [6, 6.07) is -0.0167. The zero-order valence-electron chi connectivity index (χ0n) is 8.56. The van der Waals surface area contributed by atoms with Gasteiger partial charge in [-0.05, 0) is 19.8 Å². The molecule has 0 bridgehead atoms. The Morgan fingerprint density at radius 3 is 2.40 bits per heavy atom. The first-order valence-electron chi connectivity index (χ1n) is 4.89. The van der Waals surface area contributed by atoms with Crippen LogP contribution in [0.25, 0.3) is 0 Å². The lowest BCUT2D eigenvalue weighted by Gasteiger charge is -2.23. The molecule has 1 fully saturated rings. The van der Waals surface area contributed by atoms with E-state index in [0.717, 1.165) is 0 Å². The second-order valence-electron chi connectivity index (χ2n) is 3.69. The van der Waals surface area contributed by atoms with Crippen molar-refractivity contribution in [2.24, 2.45) is 5.92 Å². The minimum atomic E-state index is -1.12. The summed E-state index contributed by atoms with van der Waals surface area (Å²) in [5.41, 5.74) is 0. The molecule has 5 nitrogen and oxygen atoms in total. The normalized spacial score (nSPS) is 28.1. The number of carboxylic acids is 1. The van der Waals surface area contributed by atoms with E-state index in [0.29, 0.717) is 24.3 Å². The molecule has 0 radical (unpaired) electrons. The molecule has 2 N–H and O–H groups in total. The first-order valence-corrected chi connectivity index (χ1v) is 6.37. The smallest absolute Gasteiger partial charge is 0.315 e. The summed E-state index contributed by atoms with van der Waals surface area (Å²) in [5.74, 6) is -1.41. The van der Waals surface area contributed by atoms with Crippen molar-refractivity contribution in [3.05, 3.63) is 0 Å². The van der Waals surface area contributed by atoms with Gasteiger partial charge in [-0.1, -0.05) is 0 Å².